The average Bonchev–Trinajstić information content (AvgIpc) is 2.56. The third-order valence-corrected chi connectivity index (χ3v) is 4.07. The van der Waals surface area contributed by atoms with Crippen molar-refractivity contribution < 1.29 is 0 Å². The Morgan fingerprint density at radius 2 is 1.91 bits per heavy atom. The van der Waals surface area contributed by atoms with E-state index in [1.54, 1.807) is 12.4 Å². The summed E-state index contributed by atoms with van der Waals surface area (Å²) in [6, 6.07) is 6.38. The molecule has 2 aromatic rings. The standard InChI is InChI=1S/C17H23N5/c1-2-3-15-12-16(22-10-6-14(18)7-11-22)21-17(20-15)13-4-8-19-9-5-13/h4-5,8-9,12,14H,2-3,6-7,10-11,18H2,1H3. The van der Waals surface area contributed by atoms with Crippen LogP contribution in [0.2, 0.25) is 0 Å². The predicted octanol–water partition coefficient (Wildman–Crippen LogP) is 2.42. The first-order chi connectivity index (χ1) is 10.8. The van der Waals surface area contributed by atoms with Crippen LogP contribution in [0.1, 0.15) is 31.9 Å². The largest absolute Gasteiger partial charge is 0.356 e. The summed E-state index contributed by atoms with van der Waals surface area (Å²) in [6.07, 6.45) is 7.67. The van der Waals surface area contributed by atoms with E-state index in [4.69, 9.17) is 15.7 Å². The van der Waals surface area contributed by atoms with Crippen LogP contribution in [0.5, 0.6) is 0 Å². The molecule has 0 spiro atoms. The molecule has 1 fully saturated rings. The Kier molecular flexibility index (Phi) is 4.63. The van der Waals surface area contributed by atoms with Crippen LogP contribution in [0.15, 0.2) is 30.6 Å². The van der Waals surface area contributed by atoms with Crippen molar-refractivity contribution in [3.8, 4) is 11.4 Å². The van der Waals surface area contributed by atoms with Crippen LogP contribution in [-0.4, -0.2) is 34.1 Å². The second kappa shape index (κ2) is 6.83. The fraction of sp³-hybridized carbons (Fsp3) is 0.471. The molecule has 116 valence electrons. The Morgan fingerprint density at radius 3 is 2.59 bits per heavy atom. The predicted molar refractivity (Wildman–Crippen MR) is 88.7 cm³/mol. The molecule has 1 aliphatic rings. The van der Waals surface area contributed by atoms with Crippen molar-refractivity contribution in [2.45, 2.75) is 38.6 Å². The summed E-state index contributed by atoms with van der Waals surface area (Å²) in [4.78, 5) is 15.9. The van der Waals surface area contributed by atoms with Crippen molar-refractivity contribution >= 4 is 5.82 Å². The minimum atomic E-state index is 0.327. The minimum Gasteiger partial charge on any atom is -0.356 e. The monoisotopic (exact) mass is 297 g/mol. The molecule has 5 nitrogen and oxygen atoms in total. The summed E-state index contributed by atoms with van der Waals surface area (Å²) >= 11 is 0. The first kappa shape index (κ1) is 14.9. The van der Waals surface area contributed by atoms with Gasteiger partial charge in [-0.3, -0.25) is 4.98 Å². The van der Waals surface area contributed by atoms with Crippen LogP contribution >= 0.6 is 0 Å². The Labute approximate surface area is 131 Å². The maximum Gasteiger partial charge on any atom is 0.161 e. The van der Waals surface area contributed by atoms with Gasteiger partial charge in [0, 0.05) is 48.8 Å². The van der Waals surface area contributed by atoms with Crippen LogP contribution in [0.25, 0.3) is 11.4 Å². The van der Waals surface area contributed by atoms with E-state index in [0.717, 1.165) is 61.7 Å². The van der Waals surface area contributed by atoms with Crippen LogP contribution in [-0.2, 0) is 6.42 Å². The molecule has 2 aromatic heterocycles. The van der Waals surface area contributed by atoms with Gasteiger partial charge < -0.3 is 10.6 Å². The van der Waals surface area contributed by atoms with Crippen molar-refractivity contribution in [2.75, 3.05) is 18.0 Å². The maximum absolute atomic E-state index is 6.01. The van der Waals surface area contributed by atoms with Crippen LogP contribution < -0.4 is 10.6 Å². The molecule has 0 atom stereocenters. The number of hydrogen-bond donors (Lipinski definition) is 1. The van der Waals surface area contributed by atoms with E-state index >= 15 is 0 Å². The fourth-order valence-corrected chi connectivity index (χ4v) is 2.79. The van der Waals surface area contributed by atoms with Gasteiger partial charge in [0.25, 0.3) is 0 Å². The van der Waals surface area contributed by atoms with E-state index in [0.29, 0.717) is 6.04 Å². The Bertz CT molecular complexity index is 606. The molecule has 0 aromatic carbocycles. The Hall–Kier alpha value is -2.01. The lowest BCUT2D eigenvalue weighted by Gasteiger charge is -2.31. The van der Waals surface area contributed by atoms with Gasteiger partial charge >= 0.3 is 0 Å². The molecule has 3 heterocycles. The molecule has 1 saturated heterocycles. The SMILES string of the molecule is CCCc1cc(N2CCC(N)CC2)nc(-c2ccncc2)n1. The highest BCUT2D eigenvalue weighted by atomic mass is 15.2. The van der Waals surface area contributed by atoms with E-state index in [-0.39, 0.29) is 0 Å². The van der Waals surface area contributed by atoms with Gasteiger partial charge in [-0.15, -0.1) is 0 Å². The second-order valence-corrected chi connectivity index (χ2v) is 5.85. The molecular weight excluding hydrogens is 274 g/mol. The van der Waals surface area contributed by atoms with E-state index in [9.17, 15) is 0 Å². The molecule has 22 heavy (non-hydrogen) atoms. The highest BCUT2D eigenvalue weighted by molar-refractivity contribution is 5.57. The molecule has 5 heteroatoms. The van der Waals surface area contributed by atoms with Crippen LogP contribution in [0.4, 0.5) is 5.82 Å². The maximum atomic E-state index is 6.01. The Balaban J connectivity index is 1.93. The molecular formula is C17H23N5. The van der Waals surface area contributed by atoms with Crippen molar-refractivity contribution in [2.24, 2.45) is 5.73 Å². The normalized spacial score (nSPS) is 16.0. The topological polar surface area (TPSA) is 67.9 Å². The van der Waals surface area contributed by atoms with E-state index in [1.165, 1.54) is 0 Å². The number of aromatic nitrogens is 3. The number of nitrogens with two attached hydrogens (primary N) is 1. The third-order valence-electron chi connectivity index (χ3n) is 4.07. The van der Waals surface area contributed by atoms with Crippen molar-refractivity contribution in [1.29, 1.82) is 0 Å². The molecule has 0 aliphatic carbocycles. The molecule has 0 radical (unpaired) electrons. The van der Waals surface area contributed by atoms with Gasteiger partial charge in [-0.1, -0.05) is 13.3 Å². The van der Waals surface area contributed by atoms with Gasteiger partial charge in [-0.05, 0) is 31.4 Å². The minimum absolute atomic E-state index is 0.327. The summed E-state index contributed by atoms with van der Waals surface area (Å²) in [5, 5.41) is 0. The van der Waals surface area contributed by atoms with E-state index < -0.39 is 0 Å². The molecule has 0 saturated carbocycles. The number of nitrogens with zero attached hydrogens (tertiary/aromatic N) is 4. The smallest absolute Gasteiger partial charge is 0.161 e. The van der Waals surface area contributed by atoms with Crippen LogP contribution in [0, 0.1) is 0 Å². The molecule has 0 amide bonds. The molecule has 0 unspecified atom stereocenters. The number of pyridine rings is 1. The van der Waals surface area contributed by atoms with Gasteiger partial charge in [0.1, 0.15) is 5.82 Å². The summed E-state index contributed by atoms with van der Waals surface area (Å²) in [5.74, 6) is 1.82. The lowest BCUT2D eigenvalue weighted by atomic mass is 10.1. The zero-order chi connectivity index (χ0) is 15.4. The fourth-order valence-electron chi connectivity index (χ4n) is 2.79. The van der Waals surface area contributed by atoms with Crippen molar-refractivity contribution in [3.63, 3.8) is 0 Å². The quantitative estimate of drug-likeness (QED) is 0.938. The molecule has 3 rings (SSSR count). The zero-order valence-electron chi connectivity index (χ0n) is 13.1. The number of hydrogen-bond acceptors (Lipinski definition) is 5. The summed E-state index contributed by atoms with van der Waals surface area (Å²) in [6.45, 7) is 4.12. The van der Waals surface area contributed by atoms with E-state index in [1.807, 2.05) is 12.1 Å². The van der Waals surface area contributed by atoms with E-state index in [2.05, 4.69) is 22.9 Å². The number of anilines is 1. The number of aryl methyl sites for hydroxylation is 1. The highest BCUT2D eigenvalue weighted by Crippen LogP contribution is 2.23. The molecule has 2 N–H and O–H groups in total. The van der Waals surface area contributed by atoms with Gasteiger partial charge in [0.15, 0.2) is 5.82 Å². The average molecular weight is 297 g/mol. The summed E-state index contributed by atoms with van der Waals surface area (Å²) in [7, 11) is 0. The summed E-state index contributed by atoms with van der Waals surface area (Å²) < 4.78 is 0. The van der Waals surface area contributed by atoms with Gasteiger partial charge in [0.05, 0.1) is 0 Å². The number of rotatable bonds is 4. The summed E-state index contributed by atoms with van der Waals surface area (Å²) in [5.41, 5.74) is 8.13. The lowest BCUT2D eigenvalue weighted by molar-refractivity contribution is 0.498. The van der Waals surface area contributed by atoms with Gasteiger partial charge in [-0.2, -0.15) is 0 Å². The van der Waals surface area contributed by atoms with Crippen molar-refractivity contribution in [3.05, 3.63) is 36.3 Å². The lowest BCUT2D eigenvalue weighted by Crippen LogP contribution is -2.40. The van der Waals surface area contributed by atoms with Crippen LogP contribution in [0.3, 0.4) is 0 Å². The molecule has 0 bridgehead atoms. The first-order valence-corrected chi connectivity index (χ1v) is 8.05. The number of piperidine rings is 1. The van der Waals surface area contributed by atoms with Gasteiger partial charge in [-0.25, -0.2) is 9.97 Å². The van der Waals surface area contributed by atoms with Crippen molar-refractivity contribution in [1.82, 2.24) is 15.0 Å². The highest BCUT2D eigenvalue weighted by Gasteiger charge is 2.18. The zero-order valence-corrected chi connectivity index (χ0v) is 13.1. The first-order valence-electron chi connectivity index (χ1n) is 8.05. The third kappa shape index (κ3) is 3.42. The van der Waals surface area contributed by atoms with Gasteiger partial charge in [0.2, 0.25) is 0 Å². The molecule has 1 aliphatic heterocycles. The second-order valence-electron chi connectivity index (χ2n) is 5.85. The Morgan fingerprint density at radius 1 is 1.18 bits per heavy atom.